The molecule has 0 radical (unpaired) electrons. The predicted molar refractivity (Wildman–Crippen MR) is 115 cm³/mol. The third-order valence-electron chi connectivity index (χ3n) is 5.91. The summed E-state index contributed by atoms with van der Waals surface area (Å²) in [6.45, 7) is 1.49. The number of hydrogen-bond donors (Lipinski definition) is 1. The lowest BCUT2D eigenvalue weighted by Crippen LogP contribution is -2.41. The molecule has 38 heavy (non-hydrogen) atoms. The Morgan fingerprint density at radius 1 is 0.895 bits per heavy atom. The number of carbonyl (C=O) groups is 2. The first-order chi connectivity index (χ1) is 17.4. The maximum atomic E-state index is 13.5. The van der Waals surface area contributed by atoms with Gasteiger partial charge < -0.3 is 9.84 Å². The molecular weight excluding hydrogens is 537 g/mol. The molecule has 0 fully saturated rings. The van der Waals surface area contributed by atoms with Crippen LogP contribution in [0.2, 0.25) is 0 Å². The fraction of sp³-hybridized carbons (Fsp3) is 0.333. The Morgan fingerprint density at radius 3 is 1.84 bits per heavy atom. The Hall–Kier alpha value is -3.71. The molecule has 0 spiro atoms. The van der Waals surface area contributed by atoms with Crippen molar-refractivity contribution < 1.29 is 58.9 Å². The quantitative estimate of drug-likeness (QED) is 0.316. The van der Waals surface area contributed by atoms with Gasteiger partial charge >= 0.3 is 30.6 Å². The molecule has 1 unspecified atom stereocenters. The fourth-order valence-electron chi connectivity index (χ4n) is 4.21. The van der Waals surface area contributed by atoms with E-state index in [2.05, 4.69) is 4.74 Å². The Balaban J connectivity index is 2.41. The lowest BCUT2D eigenvalue weighted by molar-refractivity contribution is -0.144. The number of carbonyl (C=O) groups excluding carboxylic acids is 1. The van der Waals surface area contributed by atoms with Gasteiger partial charge in [0.2, 0.25) is 0 Å². The van der Waals surface area contributed by atoms with E-state index >= 15 is 0 Å². The Kier molecular flexibility index (Phi) is 7.50. The van der Waals surface area contributed by atoms with Gasteiger partial charge in [-0.05, 0) is 54.0 Å². The van der Waals surface area contributed by atoms with Crippen molar-refractivity contribution in [1.82, 2.24) is 0 Å². The molecule has 2 atom stereocenters. The number of hydrogen-bond acceptors (Lipinski definition) is 3. The van der Waals surface area contributed by atoms with Crippen molar-refractivity contribution >= 4 is 23.3 Å². The van der Waals surface area contributed by atoms with Crippen LogP contribution in [0.1, 0.15) is 47.1 Å². The average molecular weight is 555 g/mol. The largest absolute Gasteiger partial charge is 0.468 e. The zero-order valence-corrected chi connectivity index (χ0v) is 19.4. The average Bonchev–Trinajstić information content (AvgIpc) is 2.81. The first kappa shape index (κ1) is 28.9. The first-order valence-corrected chi connectivity index (χ1v) is 10.7. The number of fused-ring (bicyclic) bond motifs is 1. The molecular formula is C24H18F9NO4. The van der Waals surface area contributed by atoms with Crippen LogP contribution in [0.3, 0.4) is 0 Å². The maximum absolute atomic E-state index is 13.5. The summed E-state index contributed by atoms with van der Waals surface area (Å²) in [6.07, 6.45) is -16.0. The van der Waals surface area contributed by atoms with Crippen LogP contribution in [0.5, 0.6) is 0 Å². The van der Waals surface area contributed by atoms with E-state index in [-0.39, 0.29) is 30.3 Å². The molecule has 1 amide bonds. The number of nitrogens with zero attached hydrogens (tertiary/aromatic N) is 1. The molecule has 0 aliphatic carbocycles. The number of carboxylic acid groups (broad SMARTS) is 1. The van der Waals surface area contributed by atoms with Crippen LogP contribution in [-0.2, 0) is 28.1 Å². The van der Waals surface area contributed by atoms with Crippen LogP contribution in [0.4, 0.5) is 50.0 Å². The van der Waals surface area contributed by atoms with E-state index in [1.165, 1.54) is 6.92 Å². The maximum Gasteiger partial charge on any atom is 0.416 e. The SMILES string of the molecule is CC[C@@H]1C=C(C(C(=O)OC)c2cc(C(F)(F)F)cc(C(F)(F)F)c2)c2cc(C(F)(F)F)ccc2N1C(=O)O. The van der Waals surface area contributed by atoms with Crippen LogP contribution < -0.4 is 4.90 Å². The van der Waals surface area contributed by atoms with E-state index in [9.17, 15) is 54.2 Å². The van der Waals surface area contributed by atoms with Gasteiger partial charge in [-0.3, -0.25) is 9.69 Å². The summed E-state index contributed by atoms with van der Waals surface area (Å²) in [5.74, 6) is -3.43. The second-order valence-electron chi connectivity index (χ2n) is 8.28. The van der Waals surface area contributed by atoms with Gasteiger partial charge in [-0.25, -0.2) is 4.79 Å². The highest BCUT2D eigenvalue weighted by atomic mass is 19.4. The van der Waals surface area contributed by atoms with Crippen LogP contribution in [0.25, 0.3) is 5.57 Å². The molecule has 2 aromatic carbocycles. The number of anilines is 1. The van der Waals surface area contributed by atoms with E-state index in [4.69, 9.17) is 0 Å². The third kappa shape index (κ3) is 5.58. The first-order valence-electron chi connectivity index (χ1n) is 10.7. The van der Waals surface area contributed by atoms with Crippen molar-refractivity contribution in [2.75, 3.05) is 12.0 Å². The Morgan fingerprint density at radius 2 is 1.42 bits per heavy atom. The summed E-state index contributed by atoms with van der Waals surface area (Å²) >= 11 is 0. The minimum absolute atomic E-state index is 0.000542. The third-order valence-corrected chi connectivity index (χ3v) is 5.91. The minimum atomic E-state index is -5.27. The zero-order valence-electron chi connectivity index (χ0n) is 19.4. The van der Waals surface area contributed by atoms with Gasteiger partial charge in [0, 0.05) is 5.56 Å². The summed E-state index contributed by atoms with van der Waals surface area (Å²) in [5, 5.41) is 9.70. The van der Waals surface area contributed by atoms with Gasteiger partial charge in [-0.1, -0.05) is 13.0 Å². The fourth-order valence-corrected chi connectivity index (χ4v) is 4.21. The zero-order chi connectivity index (χ0) is 28.8. The van der Waals surface area contributed by atoms with Crippen LogP contribution >= 0.6 is 0 Å². The van der Waals surface area contributed by atoms with E-state index in [1.807, 2.05) is 0 Å². The molecule has 1 N–H and O–H groups in total. The standard InChI is InChI=1S/C24H18F9NO4/c1-3-15-10-17(16-9-12(22(25,26)27)4-5-18(16)34(15)21(36)37)19(20(35)38-2)11-6-13(23(28,29)30)8-14(7-11)24(31,32)33/h4-10,15,19H,3H2,1-2H3,(H,36,37)/t15-,19?/m1/s1. The molecule has 14 heteroatoms. The predicted octanol–water partition coefficient (Wildman–Crippen LogP) is 7.36. The van der Waals surface area contributed by atoms with Crippen molar-refractivity contribution in [2.24, 2.45) is 0 Å². The van der Waals surface area contributed by atoms with Gasteiger partial charge in [-0.2, -0.15) is 39.5 Å². The number of ether oxygens (including phenoxy) is 1. The van der Waals surface area contributed by atoms with Gasteiger partial charge in [0.1, 0.15) is 5.92 Å². The van der Waals surface area contributed by atoms with Crippen LogP contribution in [0, 0.1) is 0 Å². The number of alkyl halides is 9. The smallest absolute Gasteiger partial charge is 0.416 e. The number of esters is 1. The topological polar surface area (TPSA) is 66.8 Å². The van der Waals surface area contributed by atoms with Crippen molar-refractivity contribution in [3.63, 3.8) is 0 Å². The lowest BCUT2D eigenvalue weighted by atomic mass is 9.80. The van der Waals surface area contributed by atoms with E-state index in [1.54, 1.807) is 0 Å². The Bertz CT molecular complexity index is 1250. The summed E-state index contributed by atoms with van der Waals surface area (Å²) in [4.78, 5) is 25.5. The van der Waals surface area contributed by atoms with Crippen molar-refractivity contribution in [2.45, 2.75) is 43.8 Å². The highest BCUT2D eigenvalue weighted by Gasteiger charge is 2.42. The lowest BCUT2D eigenvalue weighted by Gasteiger charge is -2.36. The van der Waals surface area contributed by atoms with Crippen molar-refractivity contribution in [3.8, 4) is 0 Å². The summed E-state index contributed by atoms with van der Waals surface area (Å²) in [7, 11) is 0.797. The summed E-state index contributed by atoms with van der Waals surface area (Å²) < 4.78 is 126. The normalized spacial score (nSPS) is 17.0. The second-order valence-corrected chi connectivity index (χ2v) is 8.28. The van der Waals surface area contributed by atoms with Gasteiger partial charge in [0.05, 0.1) is 35.5 Å². The molecule has 0 bridgehead atoms. The minimum Gasteiger partial charge on any atom is -0.468 e. The molecule has 2 aromatic rings. The van der Waals surface area contributed by atoms with E-state index in [0.29, 0.717) is 17.0 Å². The monoisotopic (exact) mass is 555 g/mol. The summed E-state index contributed by atoms with van der Waals surface area (Å²) in [5.41, 5.74) is -6.94. The van der Waals surface area contributed by atoms with Gasteiger partial charge in [0.25, 0.3) is 0 Å². The molecule has 1 aliphatic heterocycles. The molecule has 0 saturated carbocycles. The number of rotatable bonds is 4. The number of methoxy groups -OCH3 is 1. The molecule has 1 aliphatic rings. The number of amides is 1. The van der Waals surface area contributed by atoms with Crippen LogP contribution in [-0.4, -0.2) is 30.3 Å². The molecule has 0 aromatic heterocycles. The number of benzene rings is 2. The summed E-state index contributed by atoms with van der Waals surface area (Å²) in [6, 6.07) is 1.13. The highest BCUT2D eigenvalue weighted by molar-refractivity contribution is 6.02. The second kappa shape index (κ2) is 9.87. The molecule has 1 heterocycles. The molecule has 0 saturated heterocycles. The highest BCUT2D eigenvalue weighted by Crippen LogP contribution is 2.47. The van der Waals surface area contributed by atoms with E-state index < -0.39 is 75.9 Å². The molecule has 206 valence electrons. The molecule has 5 nitrogen and oxygen atoms in total. The van der Waals surface area contributed by atoms with Gasteiger partial charge in [-0.15, -0.1) is 0 Å². The van der Waals surface area contributed by atoms with Crippen LogP contribution in [0.15, 0.2) is 42.5 Å². The number of halogens is 9. The van der Waals surface area contributed by atoms with Gasteiger partial charge in [0.15, 0.2) is 0 Å². The van der Waals surface area contributed by atoms with E-state index in [0.717, 1.165) is 19.3 Å². The van der Waals surface area contributed by atoms with Crippen molar-refractivity contribution in [1.29, 1.82) is 0 Å². The van der Waals surface area contributed by atoms with Crippen molar-refractivity contribution in [3.05, 3.63) is 70.3 Å². The molecule has 3 rings (SSSR count). The Labute approximate surface area is 209 Å².